The lowest BCUT2D eigenvalue weighted by Crippen LogP contribution is -2.29. The van der Waals surface area contributed by atoms with E-state index >= 15 is 0 Å². The number of amides is 2. The zero-order valence-electron chi connectivity index (χ0n) is 15.5. The van der Waals surface area contributed by atoms with E-state index in [0.29, 0.717) is 11.6 Å². The molecule has 136 valence electrons. The van der Waals surface area contributed by atoms with Gasteiger partial charge in [0.15, 0.2) is 0 Å². The predicted octanol–water partition coefficient (Wildman–Crippen LogP) is 4.57. The maximum Gasteiger partial charge on any atom is 0.229 e. The van der Waals surface area contributed by atoms with Gasteiger partial charge in [-0.15, -0.1) is 0 Å². The van der Waals surface area contributed by atoms with Crippen LogP contribution in [0, 0.1) is 33.6 Å². The maximum atomic E-state index is 12.8. The quantitative estimate of drug-likeness (QED) is 0.860. The molecule has 2 aromatic rings. The third kappa shape index (κ3) is 3.47. The molecule has 0 aliphatic carbocycles. The van der Waals surface area contributed by atoms with Gasteiger partial charge in [0.25, 0.3) is 0 Å². The number of hydrogen-bond donors (Lipinski definition) is 1. The molecule has 0 aromatic heterocycles. The van der Waals surface area contributed by atoms with Gasteiger partial charge in [0.05, 0.1) is 5.92 Å². The molecule has 26 heavy (non-hydrogen) atoms. The lowest BCUT2D eigenvalue weighted by atomic mass is 10.0. The molecule has 1 aliphatic heterocycles. The van der Waals surface area contributed by atoms with E-state index in [0.717, 1.165) is 33.6 Å². The van der Waals surface area contributed by atoms with E-state index < -0.39 is 0 Å². The van der Waals surface area contributed by atoms with Gasteiger partial charge in [-0.05, 0) is 56.5 Å². The van der Waals surface area contributed by atoms with E-state index in [1.165, 1.54) is 0 Å². The number of carbonyl (C=O) groups is 2. The summed E-state index contributed by atoms with van der Waals surface area (Å²) in [6.07, 6.45) is 0.210. The van der Waals surface area contributed by atoms with Crippen molar-refractivity contribution >= 4 is 34.8 Å². The van der Waals surface area contributed by atoms with Crippen LogP contribution in [-0.4, -0.2) is 18.4 Å². The van der Waals surface area contributed by atoms with Gasteiger partial charge in [0.1, 0.15) is 0 Å². The minimum Gasteiger partial charge on any atom is -0.325 e. The lowest BCUT2D eigenvalue weighted by molar-refractivity contribution is -0.122. The first-order valence-corrected chi connectivity index (χ1v) is 9.10. The number of halogens is 1. The molecule has 2 amide bonds. The number of benzene rings is 2. The van der Waals surface area contributed by atoms with Crippen LogP contribution in [0.2, 0.25) is 5.02 Å². The molecule has 1 fully saturated rings. The Labute approximate surface area is 159 Å². The largest absolute Gasteiger partial charge is 0.325 e. The fourth-order valence-corrected chi connectivity index (χ4v) is 3.78. The van der Waals surface area contributed by atoms with E-state index in [4.69, 9.17) is 11.6 Å². The third-order valence-electron chi connectivity index (χ3n) is 4.95. The Morgan fingerprint density at radius 2 is 1.81 bits per heavy atom. The molecule has 1 aliphatic rings. The molecule has 0 saturated carbocycles. The van der Waals surface area contributed by atoms with Gasteiger partial charge in [0, 0.05) is 29.4 Å². The number of aryl methyl sites for hydroxylation is 3. The van der Waals surface area contributed by atoms with Crippen LogP contribution in [0.15, 0.2) is 30.3 Å². The van der Waals surface area contributed by atoms with Crippen LogP contribution in [0.3, 0.4) is 0 Å². The summed E-state index contributed by atoms with van der Waals surface area (Å²) in [5.41, 5.74) is 5.70. The second kappa shape index (κ2) is 7.12. The number of anilines is 2. The van der Waals surface area contributed by atoms with E-state index in [1.807, 2.05) is 52.0 Å². The van der Waals surface area contributed by atoms with Crippen molar-refractivity contribution in [2.75, 3.05) is 16.8 Å². The summed E-state index contributed by atoms with van der Waals surface area (Å²) in [5.74, 6) is -0.538. The van der Waals surface area contributed by atoms with Crippen LogP contribution < -0.4 is 10.2 Å². The second-order valence-electron chi connectivity index (χ2n) is 7.05. The monoisotopic (exact) mass is 370 g/mol. The van der Waals surface area contributed by atoms with Gasteiger partial charge in [-0.3, -0.25) is 9.59 Å². The zero-order chi connectivity index (χ0) is 19.0. The normalized spacial score (nSPS) is 16.9. The van der Waals surface area contributed by atoms with E-state index in [9.17, 15) is 9.59 Å². The van der Waals surface area contributed by atoms with E-state index in [2.05, 4.69) is 5.32 Å². The van der Waals surface area contributed by atoms with Crippen LogP contribution in [0.5, 0.6) is 0 Å². The van der Waals surface area contributed by atoms with E-state index in [1.54, 1.807) is 11.0 Å². The van der Waals surface area contributed by atoms with Crippen LogP contribution in [-0.2, 0) is 9.59 Å². The number of rotatable bonds is 3. The first-order valence-electron chi connectivity index (χ1n) is 8.72. The van der Waals surface area contributed by atoms with Gasteiger partial charge in [-0.1, -0.05) is 35.4 Å². The smallest absolute Gasteiger partial charge is 0.229 e. The second-order valence-corrected chi connectivity index (χ2v) is 7.46. The molecule has 0 spiro atoms. The summed E-state index contributed by atoms with van der Waals surface area (Å²) in [4.78, 5) is 26.9. The van der Waals surface area contributed by atoms with Gasteiger partial charge < -0.3 is 10.2 Å². The highest BCUT2D eigenvalue weighted by atomic mass is 35.5. The molecule has 1 atom stereocenters. The molecule has 1 saturated heterocycles. The minimum atomic E-state index is -0.374. The predicted molar refractivity (Wildman–Crippen MR) is 106 cm³/mol. The van der Waals surface area contributed by atoms with Crippen LogP contribution >= 0.6 is 11.6 Å². The van der Waals surface area contributed by atoms with E-state index in [-0.39, 0.29) is 24.2 Å². The van der Waals surface area contributed by atoms with Crippen molar-refractivity contribution in [1.82, 2.24) is 0 Å². The summed E-state index contributed by atoms with van der Waals surface area (Å²) in [6.45, 7) is 8.26. The van der Waals surface area contributed by atoms with Gasteiger partial charge >= 0.3 is 0 Å². The highest BCUT2D eigenvalue weighted by Crippen LogP contribution is 2.32. The summed E-state index contributed by atoms with van der Waals surface area (Å²) >= 11 is 6.18. The highest BCUT2D eigenvalue weighted by molar-refractivity contribution is 6.31. The number of hydrogen-bond acceptors (Lipinski definition) is 2. The Balaban J connectivity index is 1.79. The molecule has 0 radical (unpaired) electrons. The van der Waals surface area contributed by atoms with Gasteiger partial charge in [-0.2, -0.15) is 0 Å². The summed E-state index contributed by atoms with van der Waals surface area (Å²) in [5, 5.41) is 3.64. The third-order valence-corrected chi connectivity index (χ3v) is 5.36. The Hall–Kier alpha value is -2.33. The van der Waals surface area contributed by atoms with Gasteiger partial charge in [0.2, 0.25) is 11.8 Å². The number of nitrogens with zero attached hydrogens (tertiary/aromatic N) is 1. The molecular formula is C21H23ClN2O2. The fraction of sp³-hybridized carbons (Fsp3) is 0.333. The average Bonchev–Trinajstić information content (AvgIpc) is 2.95. The highest BCUT2D eigenvalue weighted by Gasteiger charge is 2.36. The Morgan fingerprint density at radius 3 is 2.46 bits per heavy atom. The molecule has 5 heteroatoms. The Morgan fingerprint density at radius 1 is 1.15 bits per heavy atom. The molecular weight excluding hydrogens is 348 g/mol. The van der Waals surface area contributed by atoms with Gasteiger partial charge in [-0.25, -0.2) is 0 Å². The first kappa shape index (κ1) is 18.5. The molecule has 3 rings (SSSR count). The minimum absolute atomic E-state index is 0.0483. The molecule has 0 bridgehead atoms. The van der Waals surface area contributed by atoms with Crippen molar-refractivity contribution in [3.05, 3.63) is 57.6 Å². The van der Waals surface area contributed by atoms with Crippen molar-refractivity contribution in [3.8, 4) is 0 Å². The Kier molecular flexibility index (Phi) is 5.05. The maximum absolute atomic E-state index is 12.8. The first-order chi connectivity index (χ1) is 12.3. The van der Waals surface area contributed by atoms with Crippen molar-refractivity contribution in [3.63, 3.8) is 0 Å². The van der Waals surface area contributed by atoms with Crippen LogP contribution in [0.1, 0.15) is 28.7 Å². The summed E-state index contributed by atoms with van der Waals surface area (Å²) in [7, 11) is 0. The molecule has 4 nitrogen and oxygen atoms in total. The SMILES string of the molecule is Cc1cc(C)c(NC(=O)C2CC(=O)N(c3cccc(Cl)c3C)C2)c(C)c1. The molecule has 1 unspecified atom stereocenters. The van der Waals surface area contributed by atoms with Crippen molar-refractivity contribution < 1.29 is 9.59 Å². The summed E-state index contributed by atoms with van der Waals surface area (Å²) < 4.78 is 0. The Bertz CT molecular complexity index is 869. The van der Waals surface area contributed by atoms with Crippen molar-refractivity contribution in [2.45, 2.75) is 34.1 Å². The lowest BCUT2D eigenvalue weighted by Gasteiger charge is -2.20. The fourth-order valence-electron chi connectivity index (χ4n) is 3.61. The number of carbonyl (C=O) groups excluding carboxylic acids is 2. The van der Waals surface area contributed by atoms with Crippen molar-refractivity contribution in [2.24, 2.45) is 5.92 Å². The average molecular weight is 371 g/mol. The zero-order valence-corrected chi connectivity index (χ0v) is 16.3. The molecule has 1 N–H and O–H groups in total. The molecule has 2 aromatic carbocycles. The van der Waals surface area contributed by atoms with Crippen LogP contribution in [0.4, 0.5) is 11.4 Å². The standard InChI is InChI=1S/C21H23ClN2O2/c1-12-8-13(2)20(14(3)9-12)23-21(26)16-10-19(25)24(11-16)18-7-5-6-17(22)15(18)4/h5-9,16H,10-11H2,1-4H3,(H,23,26). The molecule has 1 heterocycles. The number of nitrogens with one attached hydrogen (secondary N) is 1. The topological polar surface area (TPSA) is 49.4 Å². The van der Waals surface area contributed by atoms with Crippen molar-refractivity contribution in [1.29, 1.82) is 0 Å². The van der Waals surface area contributed by atoms with Crippen LogP contribution in [0.25, 0.3) is 0 Å². The summed E-state index contributed by atoms with van der Waals surface area (Å²) in [6, 6.07) is 9.58.